The molecule has 1 fully saturated rings. The molecule has 0 radical (unpaired) electrons. The molecule has 1 aliphatic rings. The molecule has 0 N–H and O–H groups in total. The number of nitrogens with zero attached hydrogens (tertiary/aromatic N) is 3. The number of rotatable bonds is 8. The molecule has 2 aromatic carbocycles. The van der Waals surface area contributed by atoms with Crippen molar-refractivity contribution in [3.05, 3.63) is 69.4 Å². The van der Waals surface area contributed by atoms with Gasteiger partial charge in [-0.05, 0) is 44.0 Å². The third-order valence-electron chi connectivity index (χ3n) is 4.62. The number of aromatic nitrogens is 3. The summed E-state index contributed by atoms with van der Waals surface area (Å²) < 4.78 is 8.91. The van der Waals surface area contributed by atoms with E-state index in [9.17, 15) is 4.79 Å². The Morgan fingerprint density at radius 1 is 1.24 bits per heavy atom. The van der Waals surface area contributed by atoms with Crippen LogP contribution in [0.15, 0.2) is 58.2 Å². The number of carbonyl (C=O) groups is 1. The molecule has 8 heteroatoms. The van der Waals surface area contributed by atoms with Crippen molar-refractivity contribution in [2.45, 2.75) is 42.8 Å². The molecule has 0 amide bonds. The van der Waals surface area contributed by atoms with E-state index >= 15 is 0 Å². The smallest absolute Gasteiger partial charge is 0.192 e. The van der Waals surface area contributed by atoms with Crippen LogP contribution in [0.4, 0.5) is 0 Å². The molecule has 150 valence electrons. The van der Waals surface area contributed by atoms with Crippen LogP contribution < -0.4 is 4.74 Å². The average Bonchev–Trinajstić information content (AvgIpc) is 3.48. The summed E-state index contributed by atoms with van der Waals surface area (Å²) in [4.78, 5) is 12.8. The number of ketones is 1. The third kappa shape index (κ3) is 4.85. The SMILES string of the molecule is C[C@H](Sc1nnc(COc2ccccc2Cl)n1C1CC1)C(=O)c1ccc(Br)cc1. The lowest BCUT2D eigenvalue weighted by Crippen LogP contribution is -2.15. The van der Waals surface area contributed by atoms with Crippen LogP contribution in [0.1, 0.15) is 42.0 Å². The fourth-order valence-corrected chi connectivity index (χ4v) is 4.42. The molecule has 3 aromatic rings. The van der Waals surface area contributed by atoms with Gasteiger partial charge in [0, 0.05) is 16.1 Å². The number of ether oxygens (including phenoxy) is 1. The Morgan fingerprint density at radius 3 is 2.66 bits per heavy atom. The van der Waals surface area contributed by atoms with Crippen molar-refractivity contribution in [3.63, 3.8) is 0 Å². The molecule has 5 nitrogen and oxygen atoms in total. The van der Waals surface area contributed by atoms with E-state index in [1.807, 2.05) is 49.4 Å². The van der Waals surface area contributed by atoms with E-state index in [4.69, 9.17) is 16.3 Å². The largest absolute Gasteiger partial charge is 0.484 e. The fourth-order valence-electron chi connectivity index (χ4n) is 2.95. The summed E-state index contributed by atoms with van der Waals surface area (Å²) in [6.45, 7) is 2.18. The van der Waals surface area contributed by atoms with Crippen molar-refractivity contribution in [2.24, 2.45) is 0 Å². The predicted molar refractivity (Wildman–Crippen MR) is 118 cm³/mol. The minimum absolute atomic E-state index is 0.0710. The molecule has 0 spiro atoms. The second-order valence-electron chi connectivity index (χ2n) is 6.85. The lowest BCUT2D eigenvalue weighted by Gasteiger charge is -2.13. The van der Waals surface area contributed by atoms with Gasteiger partial charge in [0.1, 0.15) is 12.4 Å². The summed E-state index contributed by atoms with van der Waals surface area (Å²) in [5, 5.41) is 9.72. The highest BCUT2D eigenvalue weighted by Crippen LogP contribution is 2.40. The van der Waals surface area contributed by atoms with Gasteiger partial charge < -0.3 is 4.74 Å². The first kappa shape index (κ1) is 20.4. The van der Waals surface area contributed by atoms with Crippen molar-refractivity contribution in [3.8, 4) is 5.75 Å². The van der Waals surface area contributed by atoms with Crippen LogP contribution in [0, 0.1) is 0 Å². The maximum atomic E-state index is 12.8. The molecule has 0 bridgehead atoms. The maximum absolute atomic E-state index is 12.8. The molecule has 1 aliphatic carbocycles. The molecule has 29 heavy (non-hydrogen) atoms. The molecule has 0 unspecified atom stereocenters. The van der Waals surface area contributed by atoms with Crippen molar-refractivity contribution in [2.75, 3.05) is 0 Å². The first-order valence-electron chi connectivity index (χ1n) is 9.30. The number of thioether (sulfide) groups is 1. The highest BCUT2D eigenvalue weighted by molar-refractivity contribution is 9.10. The number of Topliss-reactive ketones (excluding diaryl/α,β-unsaturated/α-hetero) is 1. The number of carbonyl (C=O) groups excluding carboxylic acids is 1. The molecular formula is C21H19BrClN3O2S. The van der Waals surface area contributed by atoms with Gasteiger partial charge in [-0.3, -0.25) is 9.36 Å². The number of hydrogen-bond donors (Lipinski definition) is 0. The second-order valence-corrected chi connectivity index (χ2v) is 9.48. The molecule has 1 heterocycles. The normalized spacial score (nSPS) is 14.6. The average molecular weight is 493 g/mol. The van der Waals surface area contributed by atoms with Gasteiger partial charge in [-0.15, -0.1) is 10.2 Å². The van der Waals surface area contributed by atoms with Gasteiger partial charge in [0.2, 0.25) is 0 Å². The molecule has 4 rings (SSSR count). The van der Waals surface area contributed by atoms with Crippen LogP contribution in [0.25, 0.3) is 0 Å². The number of para-hydroxylation sites is 1. The van der Waals surface area contributed by atoms with Gasteiger partial charge in [-0.2, -0.15) is 0 Å². The van der Waals surface area contributed by atoms with E-state index in [0.29, 0.717) is 22.4 Å². The zero-order valence-electron chi connectivity index (χ0n) is 15.7. The topological polar surface area (TPSA) is 57.0 Å². The maximum Gasteiger partial charge on any atom is 0.192 e. The Bertz CT molecular complexity index is 1020. The standard InChI is InChI=1S/C21H19BrClN3O2S/c1-13(20(27)14-6-8-15(22)9-7-14)29-21-25-24-19(26(21)16-10-11-16)12-28-18-5-3-2-4-17(18)23/h2-9,13,16H,10-12H2,1H3/t13-/m0/s1. The Hall–Kier alpha value is -1.83. The summed E-state index contributed by atoms with van der Waals surface area (Å²) in [6, 6.07) is 15.1. The van der Waals surface area contributed by atoms with Crippen LogP contribution in [-0.2, 0) is 6.61 Å². The number of benzene rings is 2. The lowest BCUT2D eigenvalue weighted by atomic mass is 10.1. The van der Waals surface area contributed by atoms with E-state index in [1.54, 1.807) is 6.07 Å². The minimum Gasteiger partial charge on any atom is -0.484 e. The van der Waals surface area contributed by atoms with Gasteiger partial charge in [0.05, 0.1) is 10.3 Å². The lowest BCUT2D eigenvalue weighted by molar-refractivity contribution is 0.0994. The summed E-state index contributed by atoms with van der Waals surface area (Å²) in [6.07, 6.45) is 2.17. The van der Waals surface area contributed by atoms with E-state index in [0.717, 1.165) is 28.3 Å². The molecular weight excluding hydrogens is 474 g/mol. The quantitative estimate of drug-likeness (QED) is 0.286. The van der Waals surface area contributed by atoms with Crippen LogP contribution >= 0.6 is 39.3 Å². The summed E-state index contributed by atoms with van der Waals surface area (Å²) in [5.74, 6) is 1.44. The Balaban J connectivity index is 1.48. The third-order valence-corrected chi connectivity index (χ3v) is 6.52. The molecule has 1 saturated carbocycles. The van der Waals surface area contributed by atoms with Crippen LogP contribution in [-0.4, -0.2) is 25.8 Å². The van der Waals surface area contributed by atoms with Gasteiger partial charge in [0.15, 0.2) is 16.8 Å². The zero-order chi connectivity index (χ0) is 20.4. The molecule has 1 atom stereocenters. The summed E-state index contributed by atoms with van der Waals surface area (Å²) in [5.41, 5.74) is 0.688. The Kier molecular flexibility index (Phi) is 6.27. The van der Waals surface area contributed by atoms with Crippen LogP contribution in [0.3, 0.4) is 0 Å². The summed E-state index contributed by atoms with van der Waals surface area (Å²) in [7, 11) is 0. The first-order chi connectivity index (χ1) is 14.0. The van der Waals surface area contributed by atoms with Gasteiger partial charge in [0.25, 0.3) is 0 Å². The van der Waals surface area contributed by atoms with Crippen molar-refractivity contribution >= 4 is 45.1 Å². The minimum atomic E-state index is -0.268. The first-order valence-corrected chi connectivity index (χ1v) is 11.4. The molecule has 0 saturated heterocycles. The van der Waals surface area contributed by atoms with E-state index in [1.165, 1.54) is 11.8 Å². The zero-order valence-corrected chi connectivity index (χ0v) is 18.9. The highest BCUT2D eigenvalue weighted by Gasteiger charge is 2.31. The monoisotopic (exact) mass is 491 g/mol. The van der Waals surface area contributed by atoms with E-state index in [2.05, 4.69) is 30.7 Å². The molecule has 0 aliphatic heterocycles. The number of halogens is 2. The van der Waals surface area contributed by atoms with Gasteiger partial charge >= 0.3 is 0 Å². The molecule has 1 aromatic heterocycles. The van der Waals surface area contributed by atoms with Crippen molar-refractivity contribution in [1.29, 1.82) is 0 Å². The fraction of sp³-hybridized carbons (Fsp3) is 0.286. The highest BCUT2D eigenvalue weighted by atomic mass is 79.9. The van der Waals surface area contributed by atoms with Crippen LogP contribution in [0.5, 0.6) is 5.75 Å². The van der Waals surface area contributed by atoms with Crippen molar-refractivity contribution in [1.82, 2.24) is 14.8 Å². The summed E-state index contributed by atoms with van der Waals surface area (Å²) >= 11 is 11.0. The predicted octanol–water partition coefficient (Wildman–Crippen LogP) is 5.97. The second kappa shape index (κ2) is 8.90. The Labute approximate surface area is 186 Å². The van der Waals surface area contributed by atoms with Crippen molar-refractivity contribution < 1.29 is 9.53 Å². The van der Waals surface area contributed by atoms with Crippen LogP contribution in [0.2, 0.25) is 5.02 Å². The van der Waals surface area contributed by atoms with Gasteiger partial charge in [-0.25, -0.2) is 0 Å². The van der Waals surface area contributed by atoms with E-state index in [-0.39, 0.29) is 17.6 Å². The van der Waals surface area contributed by atoms with E-state index < -0.39 is 0 Å². The number of hydrogen-bond acceptors (Lipinski definition) is 5. The Morgan fingerprint density at radius 2 is 1.97 bits per heavy atom. The van der Waals surface area contributed by atoms with Gasteiger partial charge in [-0.1, -0.05) is 63.6 Å².